The van der Waals surface area contributed by atoms with Crippen LogP contribution in [-0.4, -0.2) is 10.1 Å². The lowest BCUT2D eigenvalue weighted by atomic mass is 10.2. The van der Waals surface area contributed by atoms with E-state index in [2.05, 4.69) is 9.82 Å². The molecule has 0 aliphatic carbocycles. The van der Waals surface area contributed by atoms with Crippen molar-refractivity contribution in [1.82, 2.24) is 4.98 Å². The van der Waals surface area contributed by atoms with Crippen LogP contribution in [0.1, 0.15) is 18.1 Å². The second-order valence-corrected chi connectivity index (χ2v) is 2.55. The van der Waals surface area contributed by atoms with Crippen LogP contribution in [0.4, 0.5) is 0 Å². The Morgan fingerprint density at radius 1 is 1.54 bits per heavy atom. The molecule has 0 atom stereocenters. The lowest BCUT2D eigenvalue weighted by Gasteiger charge is -2.00. The fourth-order valence-electron chi connectivity index (χ4n) is 0.941. The normalized spacial score (nSPS) is 9.62. The van der Waals surface area contributed by atoms with Gasteiger partial charge in [0.1, 0.15) is 6.61 Å². The Kier molecular flexibility index (Phi) is 3.19. The van der Waals surface area contributed by atoms with Gasteiger partial charge in [0.05, 0.1) is 0 Å². The number of nitrogens with zero attached hydrogens (tertiary/aromatic N) is 2. The van der Waals surface area contributed by atoms with E-state index in [-0.39, 0.29) is 6.61 Å². The van der Waals surface area contributed by atoms with Crippen molar-refractivity contribution in [3.8, 4) is 0 Å². The quantitative estimate of drug-likeness (QED) is 0.520. The number of aromatic nitrogens is 1. The van der Waals surface area contributed by atoms with Gasteiger partial charge in [-0.2, -0.15) is 0 Å². The smallest absolute Gasteiger partial charge is 0.294 e. The van der Waals surface area contributed by atoms with Crippen LogP contribution in [0.5, 0.6) is 0 Å². The Morgan fingerprint density at radius 3 is 2.85 bits per heavy atom. The number of pyridine rings is 1. The maximum atomic E-state index is 9.89. The van der Waals surface area contributed by atoms with E-state index in [1.54, 1.807) is 12.4 Å². The van der Waals surface area contributed by atoms with Gasteiger partial charge in [0.15, 0.2) is 0 Å². The van der Waals surface area contributed by atoms with Gasteiger partial charge in [-0.05, 0) is 17.5 Å². The van der Waals surface area contributed by atoms with Gasteiger partial charge in [-0.15, -0.1) is 10.1 Å². The third-order valence-electron chi connectivity index (χ3n) is 1.60. The molecule has 1 rings (SSSR count). The van der Waals surface area contributed by atoms with Crippen LogP contribution in [0.3, 0.4) is 0 Å². The predicted octanol–water partition coefficient (Wildman–Crippen LogP) is 1.35. The highest BCUT2D eigenvalue weighted by molar-refractivity contribution is 5.17. The maximum Gasteiger partial charge on any atom is 0.294 e. The van der Waals surface area contributed by atoms with E-state index in [1.807, 2.05) is 13.0 Å². The molecule has 0 aliphatic heterocycles. The Labute approximate surface area is 75.5 Å². The van der Waals surface area contributed by atoms with Gasteiger partial charge in [0.25, 0.3) is 5.09 Å². The first-order valence-corrected chi connectivity index (χ1v) is 3.92. The Balaban J connectivity index is 2.61. The molecule has 1 aromatic heterocycles. The third-order valence-corrected chi connectivity index (χ3v) is 1.60. The largest absolute Gasteiger partial charge is 0.309 e. The molecule has 0 fully saturated rings. The summed E-state index contributed by atoms with van der Waals surface area (Å²) in [5.74, 6) is 0. The van der Waals surface area contributed by atoms with Crippen LogP contribution in [-0.2, 0) is 17.9 Å². The van der Waals surface area contributed by atoms with Crippen LogP contribution in [0, 0.1) is 10.1 Å². The molecule has 1 heterocycles. The molecule has 1 aromatic rings. The molecule has 70 valence electrons. The minimum atomic E-state index is -0.807. The topological polar surface area (TPSA) is 65.3 Å². The SMILES string of the molecule is CCc1cncc(CO[N+](=O)[O-])c1. The Hall–Kier alpha value is -1.65. The summed E-state index contributed by atoms with van der Waals surface area (Å²) >= 11 is 0. The fourth-order valence-corrected chi connectivity index (χ4v) is 0.941. The van der Waals surface area contributed by atoms with Gasteiger partial charge in [-0.25, -0.2) is 0 Å². The Bertz CT molecular complexity index is 301. The zero-order valence-corrected chi connectivity index (χ0v) is 7.27. The molecule has 0 unspecified atom stereocenters. The van der Waals surface area contributed by atoms with Crippen molar-refractivity contribution in [2.24, 2.45) is 0 Å². The lowest BCUT2D eigenvalue weighted by molar-refractivity contribution is -0.763. The zero-order valence-electron chi connectivity index (χ0n) is 7.27. The van der Waals surface area contributed by atoms with Gasteiger partial charge in [0.2, 0.25) is 0 Å². The molecule has 5 heteroatoms. The summed E-state index contributed by atoms with van der Waals surface area (Å²) in [6.45, 7) is 1.96. The summed E-state index contributed by atoms with van der Waals surface area (Å²) in [6.07, 6.45) is 4.15. The molecule has 0 aromatic carbocycles. The summed E-state index contributed by atoms with van der Waals surface area (Å²) in [5, 5.41) is 9.08. The molecule has 0 bridgehead atoms. The van der Waals surface area contributed by atoms with Gasteiger partial charge in [-0.1, -0.05) is 13.0 Å². The van der Waals surface area contributed by atoms with Crippen molar-refractivity contribution in [3.05, 3.63) is 39.7 Å². The second kappa shape index (κ2) is 4.39. The second-order valence-electron chi connectivity index (χ2n) is 2.55. The Morgan fingerprint density at radius 2 is 2.23 bits per heavy atom. The van der Waals surface area contributed by atoms with Crippen LogP contribution in [0.25, 0.3) is 0 Å². The molecule has 13 heavy (non-hydrogen) atoms. The summed E-state index contributed by atoms with van der Waals surface area (Å²) < 4.78 is 0. The molecule has 0 aliphatic rings. The minimum absolute atomic E-state index is 0.0339. The van der Waals surface area contributed by atoms with E-state index in [9.17, 15) is 10.1 Å². The monoisotopic (exact) mass is 182 g/mol. The highest BCUT2D eigenvalue weighted by atomic mass is 16.9. The van der Waals surface area contributed by atoms with E-state index < -0.39 is 5.09 Å². The van der Waals surface area contributed by atoms with Crippen molar-refractivity contribution in [2.45, 2.75) is 20.0 Å². The van der Waals surface area contributed by atoms with Crippen molar-refractivity contribution in [2.75, 3.05) is 0 Å². The molecule has 5 nitrogen and oxygen atoms in total. The first-order valence-electron chi connectivity index (χ1n) is 3.92. The van der Waals surface area contributed by atoms with Crippen molar-refractivity contribution >= 4 is 0 Å². The van der Waals surface area contributed by atoms with E-state index in [1.165, 1.54) is 0 Å². The molecule has 0 N–H and O–H groups in total. The van der Waals surface area contributed by atoms with Crippen molar-refractivity contribution in [3.63, 3.8) is 0 Å². The number of hydrogen-bond acceptors (Lipinski definition) is 4. The van der Waals surface area contributed by atoms with Crippen LogP contribution < -0.4 is 0 Å². The van der Waals surface area contributed by atoms with Crippen LogP contribution in [0.2, 0.25) is 0 Å². The fraction of sp³-hybridized carbons (Fsp3) is 0.375. The highest BCUT2D eigenvalue weighted by Gasteiger charge is 1.98. The molecule has 0 radical (unpaired) electrons. The van der Waals surface area contributed by atoms with Gasteiger partial charge >= 0.3 is 0 Å². The summed E-state index contributed by atoms with van der Waals surface area (Å²) in [7, 11) is 0. The van der Waals surface area contributed by atoms with E-state index in [0.29, 0.717) is 0 Å². The third kappa shape index (κ3) is 3.06. The van der Waals surface area contributed by atoms with Crippen LogP contribution in [0.15, 0.2) is 18.5 Å². The molecular weight excluding hydrogens is 172 g/mol. The highest BCUT2D eigenvalue weighted by Crippen LogP contribution is 2.04. The minimum Gasteiger partial charge on any atom is -0.309 e. The number of aryl methyl sites for hydroxylation is 1. The van der Waals surface area contributed by atoms with Gasteiger partial charge in [-0.3, -0.25) is 4.98 Å². The summed E-state index contributed by atoms with van der Waals surface area (Å²) in [6, 6.07) is 1.84. The average Bonchev–Trinajstić information content (AvgIpc) is 2.15. The van der Waals surface area contributed by atoms with Gasteiger partial charge < -0.3 is 4.84 Å². The lowest BCUT2D eigenvalue weighted by Crippen LogP contribution is -2.01. The van der Waals surface area contributed by atoms with Crippen molar-refractivity contribution in [1.29, 1.82) is 0 Å². The number of hydrogen-bond donors (Lipinski definition) is 0. The van der Waals surface area contributed by atoms with E-state index in [4.69, 9.17) is 0 Å². The van der Waals surface area contributed by atoms with Gasteiger partial charge in [0, 0.05) is 12.4 Å². The first kappa shape index (κ1) is 9.44. The zero-order chi connectivity index (χ0) is 9.68. The predicted molar refractivity (Wildman–Crippen MR) is 45.4 cm³/mol. The molecular formula is C8H10N2O3. The molecule has 0 saturated carbocycles. The summed E-state index contributed by atoms with van der Waals surface area (Å²) in [4.78, 5) is 18.0. The molecule has 0 saturated heterocycles. The standard InChI is InChI=1S/C8H10N2O3/c1-2-7-3-8(5-9-4-7)6-13-10(11)12/h3-5H,2,6H2,1H3. The van der Waals surface area contributed by atoms with Crippen LogP contribution >= 0.6 is 0 Å². The summed E-state index contributed by atoms with van der Waals surface area (Å²) in [5.41, 5.74) is 1.76. The first-order chi connectivity index (χ1) is 6.22. The molecule has 0 spiro atoms. The number of rotatable bonds is 4. The maximum absolute atomic E-state index is 9.89. The van der Waals surface area contributed by atoms with E-state index in [0.717, 1.165) is 17.5 Å². The molecule has 0 amide bonds. The average molecular weight is 182 g/mol. The van der Waals surface area contributed by atoms with Crippen molar-refractivity contribution < 1.29 is 9.92 Å². The van der Waals surface area contributed by atoms with E-state index >= 15 is 0 Å².